The fraction of sp³-hybridized carbons (Fsp3) is 0.381. The highest BCUT2D eigenvalue weighted by atomic mass is 16.3. The average molecular weight is 381 g/mol. The van der Waals surface area contributed by atoms with E-state index in [9.17, 15) is 14.4 Å². The first kappa shape index (κ1) is 18.3. The van der Waals surface area contributed by atoms with Crippen LogP contribution in [-0.4, -0.2) is 34.8 Å². The van der Waals surface area contributed by atoms with Gasteiger partial charge in [0.1, 0.15) is 17.8 Å². The third-order valence-corrected chi connectivity index (χ3v) is 5.54. The van der Waals surface area contributed by atoms with E-state index in [1.807, 2.05) is 31.2 Å². The molecule has 2 heterocycles. The summed E-state index contributed by atoms with van der Waals surface area (Å²) in [7, 11) is 0. The number of hydrogen-bond acceptors (Lipinski definition) is 4. The maximum atomic E-state index is 13.1. The maximum Gasteiger partial charge on any atom is 0.325 e. The Kier molecular flexibility index (Phi) is 4.66. The van der Waals surface area contributed by atoms with Gasteiger partial charge < -0.3 is 14.6 Å². The largest absolute Gasteiger partial charge is 0.467 e. The van der Waals surface area contributed by atoms with E-state index >= 15 is 0 Å². The summed E-state index contributed by atoms with van der Waals surface area (Å²) in [5, 5.41) is 2.81. The summed E-state index contributed by atoms with van der Waals surface area (Å²) in [6.45, 7) is 1.90. The number of amides is 4. The summed E-state index contributed by atoms with van der Waals surface area (Å²) in [6, 6.07) is 10.6. The Balaban J connectivity index is 1.56. The van der Waals surface area contributed by atoms with Crippen molar-refractivity contribution < 1.29 is 18.8 Å². The Labute approximate surface area is 163 Å². The Morgan fingerprint density at radius 3 is 2.54 bits per heavy atom. The van der Waals surface area contributed by atoms with Crippen molar-refractivity contribution in [2.75, 3.05) is 11.4 Å². The van der Waals surface area contributed by atoms with Gasteiger partial charge in [-0.1, -0.05) is 30.5 Å². The number of nitrogens with one attached hydrogen (secondary N) is 1. The van der Waals surface area contributed by atoms with E-state index in [0.717, 1.165) is 23.3 Å². The molecule has 4 amide bonds. The summed E-state index contributed by atoms with van der Waals surface area (Å²) in [6.07, 6.45) is 4.63. The Hall–Kier alpha value is -3.09. The lowest BCUT2D eigenvalue weighted by molar-refractivity contribution is -0.134. The molecule has 1 aliphatic carbocycles. The minimum absolute atomic E-state index is 0.226. The first-order chi connectivity index (χ1) is 13.5. The van der Waals surface area contributed by atoms with Gasteiger partial charge in [-0.05, 0) is 44.0 Å². The zero-order valence-electron chi connectivity index (χ0n) is 15.8. The highest BCUT2D eigenvalue weighted by Crippen LogP contribution is 2.35. The van der Waals surface area contributed by atoms with Gasteiger partial charge in [-0.3, -0.25) is 14.5 Å². The first-order valence-corrected chi connectivity index (χ1v) is 9.52. The number of carbonyl (C=O) groups is 3. The molecule has 1 spiro atoms. The van der Waals surface area contributed by atoms with Crippen LogP contribution in [0.2, 0.25) is 0 Å². The molecule has 4 rings (SSSR count). The number of imide groups is 1. The van der Waals surface area contributed by atoms with Crippen LogP contribution >= 0.6 is 0 Å². The van der Waals surface area contributed by atoms with Gasteiger partial charge in [0.2, 0.25) is 5.91 Å². The van der Waals surface area contributed by atoms with E-state index in [2.05, 4.69) is 5.32 Å². The molecule has 0 bridgehead atoms. The van der Waals surface area contributed by atoms with E-state index in [-0.39, 0.29) is 24.9 Å². The minimum Gasteiger partial charge on any atom is -0.467 e. The Bertz CT molecular complexity index is 883. The van der Waals surface area contributed by atoms with E-state index in [4.69, 9.17) is 4.42 Å². The molecule has 28 heavy (non-hydrogen) atoms. The topological polar surface area (TPSA) is 82.9 Å². The maximum absolute atomic E-state index is 13.1. The summed E-state index contributed by atoms with van der Waals surface area (Å²) < 4.78 is 5.39. The van der Waals surface area contributed by atoms with Crippen molar-refractivity contribution in [1.82, 2.24) is 10.2 Å². The molecule has 1 aliphatic heterocycles. The lowest BCUT2D eigenvalue weighted by Crippen LogP contribution is -2.46. The molecule has 1 aromatic heterocycles. The highest BCUT2D eigenvalue weighted by molar-refractivity contribution is 6.10. The number of aryl methyl sites for hydroxylation is 1. The molecule has 1 aromatic carbocycles. The summed E-state index contributed by atoms with van der Waals surface area (Å²) in [5.74, 6) is 0.00222. The third kappa shape index (κ3) is 3.28. The molecule has 2 aromatic rings. The van der Waals surface area contributed by atoms with Crippen molar-refractivity contribution in [1.29, 1.82) is 0 Å². The fourth-order valence-electron chi connectivity index (χ4n) is 3.96. The standard InChI is InChI=1S/C21H23N3O4/c1-15-6-8-16(9-7-15)23(13-17-5-4-12-28-17)18(25)14-24-19(26)21(22-20(24)27)10-2-3-11-21/h4-9,12H,2-3,10-11,13-14H2,1H3,(H,22,27). The molecular weight excluding hydrogens is 358 g/mol. The summed E-state index contributed by atoms with van der Waals surface area (Å²) in [5.41, 5.74) is 0.952. The lowest BCUT2D eigenvalue weighted by Gasteiger charge is -2.25. The van der Waals surface area contributed by atoms with Crippen LogP contribution in [-0.2, 0) is 16.1 Å². The van der Waals surface area contributed by atoms with Crippen LogP contribution in [0.4, 0.5) is 10.5 Å². The number of anilines is 1. The second-order valence-electron chi connectivity index (χ2n) is 7.51. The van der Waals surface area contributed by atoms with Crippen molar-refractivity contribution in [3.63, 3.8) is 0 Å². The Morgan fingerprint density at radius 2 is 1.89 bits per heavy atom. The van der Waals surface area contributed by atoms with E-state index < -0.39 is 11.6 Å². The highest BCUT2D eigenvalue weighted by Gasteiger charge is 2.52. The molecule has 0 unspecified atom stereocenters. The minimum atomic E-state index is -0.812. The van der Waals surface area contributed by atoms with Crippen LogP contribution in [0.25, 0.3) is 0 Å². The number of urea groups is 1. The van der Waals surface area contributed by atoms with Crippen molar-refractivity contribution in [3.05, 3.63) is 54.0 Å². The molecule has 0 atom stereocenters. The molecule has 7 nitrogen and oxygen atoms in total. The van der Waals surface area contributed by atoms with E-state index in [1.54, 1.807) is 23.3 Å². The quantitative estimate of drug-likeness (QED) is 0.807. The predicted molar refractivity (Wildman–Crippen MR) is 103 cm³/mol. The fourth-order valence-corrected chi connectivity index (χ4v) is 3.96. The number of hydrogen-bond donors (Lipinski definition) is 1. The number of furan rings is 1. The van der Waals surface area contributed by atoms with Gasteiger partial charge in [-0.15, -0.1) is 0 Å². The summed E-state index contributed by atoms with van der Waals surface area (Å²) >= 11 is 0. The normalized spacial score (nSPS) is 18.0. The van der Waals surface area contributed by atoms with Gasteiger partial charge in [-0.2, -0.15) is 0 Å². The molecule has 1 saturated carbocycles. The smallest absolute Gasteiger partial charge is 0.325 e. The first-order valence-electron chi connectivity index (χ1n) is 9.52. The summed E-state index contributed by atoms with van der Waals surface area (Å²) in [4.78, 5) is 41.0. The average Bonchev–Trinajstić information content (AvgIpc) is 3.40. The van der Waals surface area contributed by atoms with Crippen LogP contribution in [0.1, 0.15) is 37.0 Å². The second kappa shape index (κ2) is 7.14. The van der Waals surface area contributed by atoms with E-state index in [1.165, 1.54) is 0 Å². The van der Waals surface area contributed by atoms with Crippen LogP contribution in [0.5, 0.6) is 0 Å². The van der Waals surface area contributed by atoms with Crippen molar-refractivity contribution in [2.24, 2.45) is 0 Å². The van der Waals surface area contributed by atoms with Crippen molar-refractivity contribution >= 4 is 23.5 Å². The molecule has 2 fully saturated rings. The number of rotatable bonds is 5. The van der Waals surface area contributed by atoms with Crippen LogP contribution in [0.3, 0.4) is 0 Å². The van der Waals surface area contributed by atoms with Gasteiger partial charge in [0.05, 0.1) is 12.8 Å². The number of nitrogens with zero attached hydrogens (tertiary/aromatic N) is 2. The molecule has 146 valence electrons. The van der Waals surface area contributed by atoms with Crippen LogP contribution in [0, 0.1) is 6.92 Å². The van der Waals surface area contributed by atoms with Crippen LogP contribution in [0.15, 0.2) is 47.1 Å². The molecule has 1 saturated heterocycles. The van der Waals surface area contributed by atoms with E-state index in [0.29, 0.717) is 24.3 Å². The Morgan fingerprint density at radius 1 is 1.18 bits per heavy atom. The van der Waals surface area contributed by atoms with Gasteiger partial charge in [0, 0.05) is 5.69 Å². The van der Waals surface area contributed by atoms with Crippen molar-refractivity contribution in [2.45, 2.75) is 44.7 Å². The van der Waals surface area contributed by atoms with Crippen LogP contribution < -0.4 is 10.2 Å². The zero-order valence-corrected chi connectivity index (χ0v) is 15.8. The van der Waals surface area contributed by atoms with Gasteiger partial charge >= 0.3 is 6.03 Å². The SMILES string of the molecule is Cc1ccc(N(Cc2ccco2)C(=O)CN2C(=O)NC3(CCCC3)C2=O)cc1. The monoisotopic (exact) mass is 381 g/mol. The van der Waals surface area contributed by atoms with Crippen molar-refractivity contribution in [3.8, 4) is 0 Å². The molecule has 2 aliphatic rings. The zero-order chi connectivity index (χ0) is 19.7. The lowest BCUT2D eigenvalue weighted by atomic mass is 9.98. The second-order valence-corrected chi connectivity index (χ2v) is 7.51. The number of benzene rings is 1. The van der Waals surface area contributed by atoms with Gasteiger partial charge in [0.15, 0.2) is 0 Å². The molecular formula is C21H23N3O4. The molecule has 0 radical (unpaired) electrons. The van der Waals surface area contributed by atoms with Gasteiger partial charge in [0.25, 0.3) is 5.91 Å². The number of carbonyl (C=O) groups excluding carboxylic acids is 3. The third-order valence-electron chi connectivity index (χ3n) is 5.54. The molecule has 7 heteroatoms. The van der Waals surface area contributed by atoms with Gasteiger partial charge in [-0.25, -0.2) is 4.79 Å². The molecule has 1 N–H and O–H groups in total. The predicted octanol–water partition coefficient (Wildman–Crippen LogP) is 2.99.